The molecule has 3 aliphatic rings. The smallest absolute Gasteiger partial charge is 0.227 e. The third-order valence-corrected chi connectivity index (χ3v) is 7.50. The first-order valence-corrected chi connectivity index (χ1v) is 11.3. The van der Waals surface area contributed by atoms with Crippen LogP contribution in [0.4, 0.5) is 5.69 Å². The first kappa shape index (κ1) is 23.8. The van der Waals surface area contributed by atoms with Gasteiger partial charge in [0.1, 0.15) is 0 Å². The van der Waals surface area contributed by atoms with E-state index in [0.29, 0.717) is 17.9 Å². The minimum Gasteiger partial charge on any atom is -0.327 e. The van der Waals surface area contributed by atoms with E-state index in [1.807, 2.05) is 17.8 Å². The van der Waals surface area contributed by atoms with Gasteiger partial charge in [0.05, 0.1) is 0 Å². The summed E-state index contributed by atoms with van der Waals surface area (Å²) in [5, 5.41) is 3.26. The van der Waals surface area contributed by atoms with Crippen LogP contribution in [0.25, 0.3) is 0 Å². The van der Waals surface area contributed by atoms with Gasteiger partial charge in [0.2, 0.25) is 5.91 Å². The Labute approximate surface area is 185 Å². The van der Waals surface area contributed by atoms with Crippen LogP contribution in [0.15, 0.2) is 24.3 Å². The molecular formula is C21H33Cl2N3OS. The Morgan fingerprint density at radius 3 is 2.43 bits per heavy atom. The summed E-state index contributed by atoms with van der Waals surface area (Å²) < 4.78 is 0. The first-order valence-electron chi connectivity index (χ1n) is 10.1. The van der Waals surface area contributed by atoms with Gasteiger partial charge in [0, 0.05) is 48.8 Å². The molecule has 4 nitrogen and oxygen atoms in total. The lowest BCUT2D eigenvalue weighted by Gasteiger charge is -2.43. The zero-order valence-electron chi connectivity index (χ0n) is 16.3. The van der Waals surface area contributed by atoms with Crippen molar-refractivity contribution in [3.63, 3.8) is 0 Å². The number of benzene rings is 1. The molecule has 3 fully saturated rings. The van der Waals surface area contributed by atoms with Crippen molar-refractivity contribution in [1.82, 2.24) is 4.90 Å². The summed E-state index contributed by atoms with van der Waals surface area (Å²) in [4.78, 5) is 15.5. The Kier molecular flexibility index (Phi) is 9.42. The monoisotopic (exact) mass is 445 g/mol. The molecule has 1 heterocycles. The number of nitrogens with zero attached hydrogens (tertiary/aromatic N) is 1. The summed E-state index contributed by atoms with van der Waals surface area (Å²) in [6.07, 6.45) is 5.62. The van der Waals surface area contributed by atoms with E-state index in [9.17, 15) is 4.79 Å². The molecule has 2 unspecified atom stereocenters. The normalized spacial score (nSPS) is 29.9. The van der Waals surface area contributed by atoms with Crippen molar-refractivity contribution in [2.45, 2.75) is 44.7 Å². The molecule has 3 N–H and O–H groups in total. The average molecular weight is 446 g/mol. The molecule has 2 bridgehead atoms. The predicted molar refractivity (Wildman–Crippen MR) is 124 cm³/mol. The highest BCUT2D eigenvalue weighted by molar-refractivity contribution is 7.99. The van der Waals surface area contributed by atoms with Gasteiger partial charge in [-0.15, -0.1) is 24.8 Å². The predicted octanol–water partition coefficient (Wildman–Crippen LogP) is 4.17. The summed E-state index contributed by atoms with van der Waals surface area (Å²) in [5.74, 6) is 3.83. The van der Waals surface area contributed by atoms with E-state index in [-0.39, 0.29) is 36.6 Å². The lowest BCUT2D eigenvalue weighted by atomic mass is 9.65. The Bertz CT molecular complexity index is 628. The van der Waals surface area contributed by atoms with E-state index in [2.05, 4.69) is 28.4 Å². The fourth-order valence-electron chi connectivity index (χ4n) is 5.02. The van der Waals surface area contributed by atoms with Crippen LogP contribution in [-0.4, -0.2) is 41.4 Å². The molecule has 4 rings (SSSR count). The fourth-order valence-corrected chi connectivity index (χ4v) is 6.00. The maximum Gasteiger partial charge on any atom is 0.227 e. The zero-order valence-corrected chi connectivity index (χ0v) is 18.8. The van der Waals surface area contributed by atoms with Crippen molar-refractivity contribution in [3.8, 4) is 0 Å². The van der Waals surface area contributed by atoms with E-state index in [0.717, 1.165) is 38.2 Å². The van der Waals surface area contributed by atoms with Crippen LogP contribution in [0.2, 0.25) is 0 Å². The van der Waals surface area contributed by atoms with Crippen LogP contribution in [0.5, 0.6) is 0 Å². The largest absolute Gasteiger partial charge is 0.327 e. The number of nitrogens with one attached hydrogen (secondary N) is 1. The van der Waals surface area contributed by atoms with Crippen LogP contribution in [-0.2, 0) is 11.3 Å². The minimum atomic E-state index is 0. The van der Waals surface area contributed by atoms with Gasteiger partial charge in [-0.25, -0.2) is 0 Å². The Morgan fingerprint density at radius 1 is 1.11 bits per heavy atom. The molecule has 2 aliphatic carbocycles. The molecule has 1 aromatic carbocycles. The van der Waals surface area contributed by atoms with Gasteiger partial charge in [0.25, 0.3) is 0 Å². The molecule has 0 radical (unpaired) electrons. The number of anilines is 1. The second-order valence-corrected chi connectivity index (χ2v) is 9.46. The summed E-state index contributed by atoms with van der Waals surface area (Å²) in [6.45, 7) is 3.20. The van der Waals surface area contributed by atoms with Gasteiger partial charge in [0.15, 0.2) is 0 Å². The second-order valence-electron chi connectivity index (χ2n) is 8.23. The number of nitrogens with two attached hydrogens (primary N) is 1. The minimum absolute atomic E-state index is 0. The quantitative estimate of drug-likeness (QED) is 0.729. The van der Waals surface area contributed by atoms with Gasteiger partial charge in [-0.05, 0) is 49.1 Å². The van der Waals surface area contributed by atoms with Crippen molar-refractivity contribution in [3.05, 3.63) is 29.8 Å². The van der Waals surface area contributed by atoms with Crippen LogP contribution >= 0.6 is 36.6 Å². The number of amides is 1. The molecular weight excluding hydrogens is 413 g/mol. The van der Waals surface area contributed by atoms with E-state index >= 15 is 0 Å². The van der Waals surface area contributed by atoms with Crippen LogP contribution in [0.1, 0.15) is 37.7 Å². The first-order chi connectivity index (χ1) is 12.7. The van der Waals surface area contributed by atoms with Crippen molar-refractivity contribution >= 4 is 48.2 Å². The highest BCUT2D eigenvalue weighted by Crippen LogP contribution is 2.42. The Balaban J connectivity index is 0.00000140. The maximum absolute atomic E-state index is 13.0. The van der Waals surface area contributed by atoms with Gasteiger partial charge >= 0.3 is 0 Å². The average Bonchev–Trinajstić information content (AvgIpc) is 2.64. The Hall–Kier alpha value is -0.460. The lowest BCUT2D eigenvalue weighted by molar-refractivity contribution is -0.122. The number of carbonyl (C=O) groups excluding carboxylic acids is 1. The molecule has 1 amide bonds. The van der Waals surface area contributed by atoms with Crippen molar-refractivity contribution in [2.24, 2.45) is 23.5 Å². The van der Waals surface area contributed by atoms with Crippen molar-refractivity contribution < 1.29 is 4.79 Å². The molecule has 2 saturated carbocycles. The second kappa shape index (κ2) is 11.1. The van der Waals surface area contributed by atoms with E-state index < -0.39 is 0 Å². The number of halogens is 2. The molecule has 158 valence electrons. The van der Waals surface area contributed by atoms with E-state index in [4.69, 9.17) is 5.73 Å². The molecule has 0 aromatic heterocycles. The summed E-state index contributed by atoms with van der Waals surface area (Å²) in [6, 6.07) is 8.63. The maximum atomic E-state index is 13.0. The van der Waals surface area contributed by atoms with Gasteiger partial charge in [-0.2, -0.15) is 11.8 Å². The third kappa shape index (κ3) is 5.57. The lowest BCUT2D eigenvalue weighted by Crippen LogP contribution is -2.48. The van der Waals surface area contributed by atoms with Crippen LogP contribution < -0.4 is 11.1 Å². The third-order valence-electron chi connectivity index (χ3n) is 6.56. The van der Waals surface area contributed by atoms with Crippen LogP contribution in [0.3, 0.4) is 0 Å². The van der Waals surface area contributed by atoms with Gasteiger partial charge < -0.3 is 11.1 Å². The molecule has 1 saturated heterocycles. The summed E-state index contributed by atoms with van der Waals surface area (Å²) in [5.41, 5.74) is 8.62. The standard InChI is InChI=1S/C21H31N3OS.2ClH/c22-20-15-5-3-6-16(20)13-18(12-15)21(25)23-19-7-2-1-4-17(19)14-24-8-10-26-11-9-24;;/h1-2,4,7,15-16,18,20H,3,5-6,8-14,22H2,(H,23,25);2*1H. The molecule has 2 atom stereocenters. The molecule has 28 heavy (non-hydrogen) atoms. The van der Waals surface area contributed by atoms with Crippen molar-refractivity contribution in [1.29, 1.82) is 0 Å². The molecule has 1 aromatic rings. The van der Waals surface area contributed by atoms with Crippen molar-refractivity contribution in [2.75, 3.05) is 29.9 Å². The zero-order chi connectivity index (χ0) is 17.9. The van der Waals surface area contributed by atoms with Crippen LogP contribution in [0, 0.1) is 17.8 Å². The molecule has 1 aliphatic heterocycles. The molecule has 7 heteroatoms. The highest BCUT2D eigenvalue weighted by atomic mass is 35.5. The number of fused-ring (bicyclic) bond motifs is 2. The number of hydrogen-bond acceptors (Lipinski definition) is 4. The topological polar surface area (TPSA) is 58.4 Å². The summed E-state index contributed by atoms with van der Waals surface area (Å²) >= 11 is 2.03. The Morgan fingerprint density at radius 2 is 1.75 bits per heavy atom. The number of thioether (sulfide) groups is 1. The summed E-state index contributed by atoms with van der Waals surface area (Å²) in [7, 11) is 0. The molecule has 0 spiro atoms. The van der Waals surface area contributed by atoms with Gasteiger partial charge in [-0.1, -0.05) is 24.6 Å². The number of rotatable bonds is 4. The highest BCUT2D eigenvalue weighted by Gasteiger charge is 2.40. The van der Waals surface area contributed by atoms with E-state index in [1.54, 1.807) is 0 Å². The SMILES string of the molecule is Cl.Cl.NC1C2CCCC1CC(C(=O)Nc1ccccc1CN1CCSCC1)C2. The number of carbonyl (C=O) groups is 1. The fraction of sp³-hybridized carbons (Fsp3) is 0.667. The van der Waals surface area contributed by atoms with Gasteiger partial charge in [-0.3, -0.25) is 9.69 Å². The van der Waals surface area contributed by atoms with E-state index in [1.165, 1.54) is 36.3 Å². The number of hydrogen-bond donors (Lipinski definition) is 2. The number of para-hydroxylation sites is 1.